The molecule has 3 rings (SSSR count). The fourth-order valence-electron chi connectivity index (χ4n) is 3.75. The Kier molecular flexibility index (Phi) is 8.26. The van der Waals surface area contributed by atoms with Crippen molar-refractivity contribution in [2.45, 2.75) is 52.0 Å². The number of carbonyl (C=O) groups excluding carboxylic acids is 1. The van der Waals surface area contributed by atoms with Gasteiger partial charge in [-0.25, -0.2) is 4.98 Å². The predicted octanol–water partition coefficient (Wildman–Crippen LogP) is 1.95. The van der Waals surface area contributed by atoms with Crippen molar-refractivity contribution >= 4 is 5.91 Å². The van der Waals surface area contributed by atoms with Crippen molar-refractivity contribution in [2.75, 3.05) is 26.7 Å². The van der Waals surface area contributed by atoms with Crippen molar-refractivity contribution in [2.24, 2.45) is 5.92 Å². The lowest BCUT2D eigenvalue weighted by Crippen LogP contribution is -2.49. The lowest BCUT2D eigenvalue weighted by molar-refractivity contribution is 0.0324. The Hall–Kier alpha value is -2.99. The van der Waals surface area contributed by atoms with E-state index in [2.05, 4.69) is 26.7 Å². The molecule has 3 heterocycles. The summed E-state index contributed by atoms with van der Waals surface area (Å²) >= 11 is 0. The Labute approximate surface area is 201 Å². The summed E-state index contributed by atoms with van der Waals surface area (Å²) in [7, 11) is 2.01. The van der Waals surface area contributed by atoms with E-state index in [1.54, 1.807) is 37.2 Å². The molecule has 182 valence electrons. The molecule has 2 N–H and O–H groups in total. The van der Waals surface area contributed by atoms with Crippen LogP contribution in [0.1, 0.15) is 49.3 Å². The van der Waals surface area contributed by atoms with Gasteiger partial charge in [0.15, 0.2) is 0 Å². The summed E-state index contributed by atoms with van der Waals surface area (Å²) in [5.41, 5.74) is 0.600. The molecule has 0 unspecified atom stereocenters. The van der Waals surface area contributed by atoms with Crippen LogP contribution < -0.4 is 4.74 Å². The maximum Gasteiger partial charge on any atom is 0.259 e. The molecule has 2 aromatic heterocycles. The van der Waals surface area contributed by atoms with Gasteiger partial charge in [0.2, 0.25) is 5.88 Å². The summed E-state index contributed by atoms with van der Waals surface area (Å²) < 4.78 is 6.31. The van der Waals surface area contributed by atoms with Crippen LogP contribution in [-0.4, -0.2) is 80.4 Å². The minimum atomic E-state index is -1.17. The van der Waals surface area contributed by atoms with Crippen LogP contribution in [0.3, 0.4) is 0 Å². The van der Waals surface area contributed by atoms with E-state index in [9.17, 15) is 15.0 Å². The Morgan fingerprint density at radius 2 is 2.12 bits per heavy atom. The minimum Gasteiger partial charge on any atom is -0.472 e. The summed E-state index contributed by atoms with van der Waals surface area (Å²) in [5.74, 6) is 5.60. The molecule has 0 saturated carbocycles. The molecule has 1 aliphatic heterocycles. The largest absolute Gasteiger partial charge is 0.472 e. The van der Waals surface area contributed by atoms with Crippen LogP contribution in [-0.2, 0) is 6.54 Å². The highest BCUT2D eigenvalue weighted by atomic mass is 16.5. The third-order valence-electron chi connectivity index (χ3n) is 5.68. The third kappa shape index (κ3) is 6.76. The third-order valence-corrected chi connectivity index (χ3v) is 5.68. The summed E-state index contributed by atoms with van der Waals surface area (Å²) in [6.45, 7) is 8.59. The van der Waals surface area contributed by atoms with Crippen molar-refractivity contribution in [3.05, 3.63) is 53.5 Å². The number of aromatic nitrogens is 2. The van der Waals surface area contributed by atoms with Gasteiger partial charge >= 0.3 is 0 Å². The SMILES string of the molecule is C[C@H](CO)N1C[C@H](C)[C@@H](CN(C)Cc2ccccn2)Oc2ncc(C#CC(C)(C)O)cc2C1=O. The zero-order chi connectivity index (χ0) is 24.9. The molecular formula is C26H34N4O4. The molecule has 8 nitrogen and oxygen atoms in total. The van der Waals surface area contributed by atoms with E-state index in [-0.39, 0.29) is 36.5 Å². The zero-order valence-electron chi connectivity index (χ0n) is 20.5. The second-order valence-electron chi connectivity index (χ2n) is 9.53. The van der Waals surface area contributed by atoms with Gasteiger partial charge in [0.05, 0.1) is 18.3 Å². The number of aliphatic hydroxyl groups excluding tert-OH is 1. The lowest BCUT2D eigenvalue weighted by Gasteiger charge is -2.37. The second kappa shape index (κ2) is 11.0. The summed E-state index contributed by atoms with van der Waals surface area (Å²) in [5, 5.41) is 19.7. The van der Waals surface area contributed by atoms with E-state index in [0.717, 1.165) is 5.69 Å². The first-order valence-corrected chi connectivity index (χ1v) is 11.5. The first kappa shape index (κ1) is 25.6. The average molecular weight is 467 g/mol. The van der Waals surface area contributed by atoms with Crippen molar-refractivity contribution in [1.82, 2.24) is 19.8 Å². The molecular weight excluding hydrogens is 432 g/mol. The van der Waals surface area contributed by atoms with Gasteiger partial charge in [0.25, 0.3) is 5.91 Å². The minimum absolute atomic E-state index is 0.00580. The first-order valence-electron chi connectivity index (χ1n) is 11.5. The van der Waals surface area contributed by atoms with Crippen molar-refractivity contribution in [3.63, 3.8) is 0 Å². The number of pyridine rings is 2. The Morgan fingerprint density at radius 3 is 2.76 bits per heavy atom. The van der Waals surface area contributed by atoms with Crippen LogP contribution in [0.2, 0.25) is 0 Å². The smallest absolute Gasteiger partial charge is 0.259 e. The van der Waals surface area contributed by atoms with E-state index in [1.807, 2.05) is 39.1 Å². The van der Waals surface area contributed by atoms with Crippen LogP contribution in [0.5, 0.6) is 5.88 Å². The van der Waals surface area contributed by atoms with Gasteiger partial charge in [-0.3, -0.25) is 14.7 Å². The van der Waals surface area contributed by atoms with Gasteiger partial charge in [-0.05, 0) is 46.0 Å². The molecule has 2 aromatic rings. The maximum atomic E-state index is 13.4. The Morgan fingerprint density at radius 1 is 1.35 bits per heavy atom. The molecule has 34 heavy (non-hydrogen) atoms. The number of nitrogens with zero attached hydrogens (tertiary/aromatic N) is 4. The number of hydrogen-bond acceptors (Lipinski definition) is 7. The standard InChI is InChI=1S/C26H34N4O4/c1-18-14-30(19(2)17-31)25(32)22-12-20(9-10-26(3,4)33)13-28-24(22)34-23(18)16-29(5)15-21-8-6-7-11-27-21/h6-8,11-13,18-19,23,31,33H,14-17H2,1-5H3/t18-,19+,23+/m0/s1. The lowest BCUT2D eigenvalue weighted by atomic mass is 9.99. The van der Waals surface area contributed by atoms with Gasteiger partial charge < -0.3 is 19.8 Å². The Bertz CT molecular complexity index is 1040. The topological polar surface area (TPSA) is 99.0 Å². The van der Waals surface area contributed by atoms with Crippen molar-refractivity contribution < 1.29 is 19.7 Å². The number of ether oxygens (including phenoxy) is 1. The van der Waals surface area contributed by atoms with E-state index in [0.29, 0.717) is 30.8 Å². The number of rotatable bonds is 6. The van der Waals surface area contributed by atoms with E-state index < -0.39 is 5.60 Å². The normalized spacial score (nSPS) is 19.4. The molecule has 0 saturated heterocycles. The van der Waals surface area contributed by atoms with Crippen LogP contribution in [0, 0.1) is 17.8 Å². The molecule has 0 spiro atoms. The van der Waals surface area contributed by atoms with Crippen LogP contribution in [0.25, 0.3) is 0 Å². The highest BCUT2D eigenvalue weighted by molar-refractivity contribution is 5.97. The first-order chi connectivity index (χ1) is 16.1. The Balaban J connectivity index is 1.92. The molecule has 8 heteroatoms. The number of carbonyl (C=O) groups is 1. The number of amides is 1. The van der Waals surface area contributed by atoms with Crippen molar-refractivity contribution in [1.29, 1.82) is 0 Å². The monoisotopic (exact) mass is 466 g/mol. The highest BCUT2D eigenvalue weighted by Crippen LogP contribution is 2.27. The maximum absolute atomic E-state index is 13.4. The van der Waals surface area contributed by atoms with Gasteiger partial charge in [-0.15, -0.1) is 0 Å². The molecule has 3 atom stereocenters. The average Bonchev–Trinajstić information content (AvgIpc) is 2.79. The van der Waals surface area contributed by atoms with Gasteiger partial charge in [0.1, 0.15) is 17.3 Å². The molecule has 0 aromatic carbocycles. The predicted molar refractivity (Wildman–Crippen MR) is 129 cm³/mol. The molecule has 0 aliphatic carbocycles. The molecule has 0 fully saturated rings. The molecule has 1 amide bonds. The number of likely N-dealkylation sites (N-methyl/N-ethyl adjacent to an activating group) is 1. The number of fused-ring (bicyclic) bond motifs is 1. The van der Waals surface area contributed by atoms with Crippen LogP contribution >= 0.6 is 0 Å². The summed E-state index contributed by atoms with van der Waals surface area (Å²) in [6, 6.07) is 7.11. The van der Waals surface area contributed by atoms with Crippen molar-refractivity contribution in [3.8, 4) is 17.7 Å². The van der Waals surface area contributed by atoms with Crippen LogP contribution in [0.4, 0.5) is 0 Å². The molecule has 0 bridgehead atoms. The fraction of sp³-hybridized carbons (Fsp3) is 0.500. The van der Waals surface area contributed by atoms with E-state index in [4.69, 9.17) is 4.74 Å². The fourth-order valence-corrected chi connectivity index (χ4v) is 3.75. The van der Waals surface area contributed by atoms with Gasteiger partial charge in [-0.1, -0.05) is 24.8 Å². The van der Waals surface area contributed by atoms with E-state index in [1.165, 1.54) is 0 Å². The number of hydrogen-bond donors (Lipinski definition) is 2. The van der Waals surface area contributed by atoms with Gasteiger partial charge in [-0.2, -0.15) is 0 Å². The number of aliphatic hydroxyl groups is 2. The molecule has 0 radical (unpaired) electrons. The zero-order valence-corrected chi connectivity index (χ0v) is 20.5. The van der Waals surface area contributed by atoms with Crippen LogP contribution in [0.15, 0.2) is 36.7 Å². The summed E-state index contributed by atoms with van der Waals surface area (Å²) in [4.78, 5) is 26.1. The van der Waals surface area contributed by atoms with E-state index >= 15 is 0 Å². The quantitative estimate of drug-likeness (QED) is 0.628. The molecule has 1 aliphatic rings. The van der Waals surface area contributed by atoms with Gasteiger partial charge in [0, 0.05) is 43.5 Å². The summed E-state index contributed by atoms with van der Waals surface area (Å²) in [6.07, 6.45) is 3.08. The second-order valence-corrected chi connectivity index (χ2v) is 9.53. The highest BCUT2D eigenvalue weighted by Gasteiger charge is 2.34.